The standard InChI is InChI=1S/C28H33NO/c1-19(2)11-9-10-16-29-24-14-7-6-13-22(24)28(3,4)23-17-21-20-12-5-8-15-26(20)30-27(21)18-25(23)29/h5-9,11-15,17-20,23,25-26H,10,16H2,1-4H3/b11-9-. The predicted octanol–water partition coefficient (Wildman–Crippen LogP) is 6.34. The van der Waals surface area contributed by atoms with Crippen LogP contribution in [0.4, 0.5) is 5.69 Å². The van der Waals surface area contributed by atoms with Gasteiger partial charge in [-0.15, -0.1) is 0 Å². The Hall–Kier alpha value is -2.48. The number of allylic oxidation sites excluding steroid dienone is 4. The van der Waals surface area contributed by atoms with E-state index < -0.39 is 0 Å². The zero-order valence-corrected chi connectivity index (χ0v) is 18.6. The number of rotatable bonds is 4. The zero-order valence-electron chi connectivity index (χ0n) is 18.6. The number of ether oxygens (including phenoxy) is 1. The molecule has 1 aromatic carbocycles. The Labute approximate surface area is 181 Å². The SMILES string of the molecule is CC(C)/C=C\CCN1c2ccccc2C(C)(C)C2C=C3C(=CC21)OC1C=CC=CC31. The Morgan fingerprint density at radius 2 is 1.90 bits per heavy atom. The molecule has 2 aliphatic carbocycles. The van der Waals surface area contributed by atoms with E-state index in [-0.39, 0.29) is 11.5 Å². The van der Waals surface area contributed by atoms with Crippen LogP contribution in [0, 0.1) is 17.8 Å². The number of hydrogen-bond donors (Lipinski definition) is 0. The van der Waals surface area contributed by atoms with Gasteiger partial charge in [0.1, 0.15) is 11.9 Å². The summed E-state index contributed by atoms with van der Waals surface area (Å²) in [5, 5.41) is 0. The normalized spacial score (nSPS) is 30.4. The molecule has 156 valence electrons. The quantitative estimate of drug-likeness (QED) is 0.548. The van der Waals surface area contributed by atoms with Crippen LogP contribution in [0.5, 0.6) is 0 Å². The van der Waals surface area contributed by atoms with Crippen LogP contribution in [0.1, 0.15) is 39.7 Å². The maximum absolute atomic E-state index is 6.39. The zero-order chi connectivity index (χ0) is 20.9. The lowest BCUT2D eigenvalue weighted by Gasteiger charge is -2.51. The third-order valence-corrected chi connectivity index (χ3v) is 7.20. The van der Waals surface area contributed by atoms with Crippen molar-refractivity contribution in [3.63, 3.8) is 0 Å². The van der Waals surface area contributed by atoms with Gasteiger partial charge in [-0.3, -0.25) is 0 Å². The Morgan fingerprint density at radius 3 is 2.73 bits per heavy atom. The minimum Gasteiger partial charge on any atom is -0.485 e. The lowest BCUT2D eigenvalue weighted by atomic mass is 9.64. The summed E-state index contributed by atoms with van der Waals surface area (Å²) in [6, 6.07) is 9.34. The van der Waals surface area contributed by atoms with Crippen molar-refractivity contribution in [1.82, 2.24) is 0 Å². The second-order valence-corrected chi connectivity index (χ2v) is 9.94. The van der Waals surface area contributed by atoms with Gasteiger partial charge >= 0.3 is 0 Å². The highest BCUT2D eigenvalue weighted by molar-refractivity contribution is 5.64. The molecule has 0 amide bonds. The van der Waals surface area contributed by atoms with Crippen LogP contribution in [0.3, 0.4) is 0 Å². The highest BCUT2D eigenvalue weighted by Gasteiger charge is 2.48. The van der Waals surface area contributed by atoms with Crippen molar-refractivity contribution in [1.29, 1.82) is 0 Å². The van der Waals surface area contributed by atoms with E-state index >= 15 is 0 Å². The molecule has 0 N–H and O–H groups in total. The first-order valence-electron chi connectivity index (χ1n) is 11.4. The molecule has 30 heavy (non-hydrogen) atoms. The van der Waals surface area contributed by atoms with Gasteiger partial charge in [0.05, 0.1) is 6.04 Å². The Morgan fingerprint density at radius 1 is 1.10 bits per heavy atom. The number of fused-ring (bicyclic) bond motifs is 5. The monoisotopic (exact) mass is 399 g/mol. The van der Waals surface area contributed by atoms with E-state index in [0.29, 0.717) is 23.8 Å². The summed E-state index contributed by atoms with van der Waals surface area (Å²) < 4.78 is 6.39. The molecule has 2 nitrogen and oxygen atoms in total. The highest BCUT2D eigenvalue weighted by Crippen LogP contribution is 2.52. The summed E-state index contributed by atoms with van der Waals surface area (Å²) in [7, 11) is 0. The smallest absolute Gasteiger partial charge is 0.128 e. The summed E-state index contributed by atoms with van der Waals surface area (Å²) in [4.78, 5) is 2.62. The van der Waals surface area contributed by atoms with Gasteiger partial charge in [0.2, 0.25) is 0 Å². The first kappa shape index (κ1) is 19.5. The lowest BCUT2D eigenvalue weighted by molar-refractivity contribution is 0.181. The largest absolute Gasteiger partial charge is 0.485 e. The fourth-order valence-corrected chi connectivity index (χ4v) is 5.62. The molecule has 0 saturated carbocycles. The molecule has 0 bridgehead atoms. The highest BCUT2D eigenvalue weighted by atomic mass is 16.5. The summed E-state index contributed by atoms with van der Waals surface area (Å²) in [5.74, 6) is 2.49. The van der Waals surface area contributed by atoms with Gasteiger partial charge in [0, 0.05) is 35.1 Å². The van der Waals surface area contributed by atoms with Gasteiger partial charge in [-0.1, -0.05) is 82.4 Å². The van der Waals surface area contributed by atoms with Crippen LogP contribution in [0.2, 0.25) is 0 Å². The molecule has 0 radical (unpaired) electrons. The van der Waals surface area contributed by atoms with E-state index in [4.69, 9.17) is 4.74 Å². The van der Waals surface area contributed by atoms with Crippen molar-refractivity contribution >= 4 is 5.69 Å². The molecule has 2 heteroatoms. The Bertz CT molecular complexity index is 974. The van der Waals surface area contributed by atoms with Crippen molar-refractivity contribution in [2.45, 2.75) is 51.7 Å². The fourth-order valence-electron chi connectivity index (χ4n) is 5.62. The van der Waals surface area contributed by atoms with Crippen LogP contribution in [0.15, 0.2) is 84.2 Å². The molecule has 4 unspecified atom stereocenters. The minimum atomic E-state index is 0.0763. The number of anilines is 1. The molecule has 1 saturated heterocycles. The van der Waals surface area contributed by atoms with E-state index in [1.54, 1.807) is 0 Å². The fraction of sp³-hybridized carbons (Fsp3) is 0.429. The van der Waals surface area contributed by atoms with Crippen LogP contribution >= 0.6 is 0 Å². The predicted molar refractivity (Wildman–Crippen MR) is 125 cm³/mol. The molecule has 1 aromatic rings. The average molecular weight is 400 g/mol. The number of para-hydroxylation sites is 1. The van der Waals surface area contributed by atoms with Crippen molar-refractivity contribution < 1.29 is 4.74 Å². The molecule has 4 aliphatic rings. The lowest BCUT2D eigenvalue weighted by Crippen LogP contribution is -2.52. The summed E-state index contributed by atoms with van der Waals surface area (Å²) >= 11 is 0. The first-order chi connectivity index (χ1) is 14.5. The van der Waals surface area contributed by atoms with E-state index in [1.165, 1.54) is 16.8 Å². The van der Waals surface area contributed by atoms with Gasteiger partial charge in [0.25, 0.3) is 0 Å². The van der Waals surface area contributed by atoms with Gasteiger partial charge in [-0.2, -0.15) is 0 Å². The van der Waals surface area contributed by atoms with Gasteiger partial charge in [0.15, 0.2) is 0 Å². The molecule has 0 aromatic heterocycles. The summed E-state index contributed by atoms with van der Waals surface area (Å²) in [5.41, 5.74) is 4.30. The molecule has 2 heterocycles. The number of nitrogens with zero attached hydrogens (tertiary/aromatic N) is 1. The van der Waals surface area contributed by atoms with Crippen LogP contribution in [-0.4, -0.2) is 18.7 Å². The second-order valence-electron chi connectivity index (χ2n) is 9.94. The van der Waals surface area contributed by atoms with Crippen molar-refractivity contribution in [3.05, 3.63) is 89.8 Å². The topological polar surface area (TPSA) is 12.5 Å². The average Bonchev–Trinajstić information content (AvgIpc) is 3.10. The van der Waals surface area contributed by atoms with Gasteiger partial charge in [-0.05, 0) is 36.1 Å². The van der Waals surface area contributed by atoms with Crippen LogP contribution < -0.4 is 4.90 Å². The van der Waals surface area contributed by atoms with Gasteiger partial charge < -0.3 is 9.64 Å². The van der Waals surface area contributed by atoms with Crippen molar-refractivity contribution in [3.8, 4) is 0 Å². The van der Waals surface area contributed by atoms with E-state index in [1.807, 2.05) is 0 Å². The molecule has 4 atom stereocenters. The minimum absolute atomic E-state index is 0.0763. The van der Waals surface area contributed by atoms with Crippen molar-refractivity contribution in [2.75, 3.05) is 11.4 Å². The van der Waals surface area contributed by atoms with Crippen molar-refractivity contribution in [2.24, 2.45) is 17.8 Å². The second kappa shape index (κ2) is 7.34. The Kier molecular flexibility index (Phi) is 4.76. The Balaban J connectivity index is 1.55. The molecule has 0 spiro atoms. The van der Waals surface area contributed by atoms with E-state index in [2.05, 4.69) is 105 Å². The molecule has 1 fully saturated rings. The first-order valence-corrected chi connectivity index (χ1v) is 11.4. The van der Waals surface area contributed by atoms with E-state index in [0.717, 1.165) is 18.7 Å². The molecule has 2 aliphatic heterocycles. The van der Waals surface area contributed by atoms with Crippen LogP contribution in [0.25, 0.3) is 0 Å². The maximum atomic E-state index is 6.39. The molecular weight excluding hydrogens is 366 g/mol. The molecular formula is C28H33NO. The molecule has 5 rings (SSSR count). The number of hydrogen-bond acceptors (Lipinski definition) is 2. The summed E-state index contributed by atoms with van der Waals surface area (Å²) in [6.45, 7) is 10.3. The van der Waals surface area contributed by atoms with Crippen LogP contribution in [-0.2, 0) is 10.2 Å². The summed E-state index contributed by atoms with van der Waals surface area (Å²) in [6.07, 6.45) is 19.6. The third kappa shape index (κ3) is 3.09. The number of benzene rings is 1. The van der Waals surface area contributed by atoms with E-state index in [9.17, 15) is 0 Å². The maximum Gasteiger partial charge on any atom is 0.128 e. The van der Waals surface area contributed by atoms with Gasteiger partial charge in [-0.25, -0.2) is 0 Å². The third-order valence-electron chi connectivity index (χ3n) is 7.20.